The maximum absolute atomic E-state index is 13.5. The van der Waals surface area contributed by atoms with Crippen LogP contribution in [-0.4, -0.2) is 35.6 Å². The first-order chi connectivity index (χ1) is 17.1. The highest BCUT2D eigenvalue weighted by atomic mass is 16.5. The van der Waals surface area contributed by atoms with Gasteiger partial charge in [0.05, 0.1) is 32.9 Å². The van der Waals surface area contributed by atoms with Crippen molar-refractivity contribution in [2.24, 2.45) is 0 Å². The number of carbonyl (C=O) groups excluding carboxylic acids is 2. The predicted octanol–water partition coefficient (Wildman–Crippen LogP) is 4.36. The van der Waals surface area contributed by atoms with E-state index in [1.807, 2.05) is 30.5 Å². The van der Waals surface area contributed by atoms with Crippen LogP contribution in [0.25, 0.3) is 0 Å². The van der Waals surface area contributed by atoms with Crippen LogP contribution in [0.4, 0.5) is 11.4 Å². The van der Waals surface area contributed by atoms with E-state index in [4.69, 9.17) is 9.47 Å². The summed E-state index contributed by atoms with van der Waals surface area (Å²) in [6.45, 7) is 1.04. The van der Waals surface area contributed by atoms with E-state index < -0.39 is 0 Å². The van der Waals surface area contributed by atoms with Crippen LogP contribution >= 0.6 is 0 Å². The van der Waals surface area contributed by atoms with Crippen LogP contribution in [0.2, 0.25) is 0 Å². The number of carbonyl (C=O) groups is 2. The fourth-order valence-corrected chi connectivity index (χ4v) is 4.17. The van der Waals surface area contributed by atoms with Gasteiger partial charge < -0.3 is 24.3 Å². The summed E-state index contributed by atoms with van der Waals surface area (Å²) in [5, 5.41) is 2.85. The number of benzene rings is 3. The predicted molar refractivity (Wildman–Crippen MR) is 132 cm³/mol. The molecule has 1 aromatic heterocycles. The Morgan fingerprint density at radius 3 is 2.51 bits per heavy atom. The lowest BCUT2D eigenvalue weighted by Crippen LogP contribution is -2.30. The van der Waals surface area contributed by atoms with Gasteiger partial charge in [0.2, 0.25) is 0 Å². The van der Waals surface area contributed by atoms with Crippen molar-refractivity contribution in [1.82, 2.24) is 9.55 Å². The molecule has 4 aromatic rings. The van der Waals surface area contributed by atoms with Gasteiger partial charge in [-0.25, -0.2) is 4.98 Å². The normalized spacial score (nSPS) is 12.2. The van der Waals surface area contributed by atoms with Gasteiger partial charge in [0.1, 0.15) is 17.3 Å². The lowest BCUT2D eigenvalue weighted by molar-refractivity contribution is 0.0983. The molecule has 0 saturated carbocycles. The Labute approximate surface area is 202 Å². The van der Waals surface area contributed by atoms with Crippen molar-refractivity contribution >= 4 is 23.2 Å². The minimum atomic E-state index is -0.322. The first kappa shape index (κ1) is 22.2. The fourth-order valence-electron chi connectivity index (χ4n) is 4.17. The van der Waals surface area contributed by atoms with Crippen molar-refractivity contribution < 1.29 is 19.1 Å². The zero-order chi connectivity index (χ0) is 24.4. The second-order valence-electron chi connectivity index (χ2n) is 8.09. The van der Waals surface area contributed by atoms with Crippen molar-refractivity contribution in [2.45, 2.75) is 13.1 Å². The third-order valence-electron chi connectivity index (χ3n) is 6.01. The largest absolute Gasteiger partial charge is 0.497 e. The first-order valence-corrected chi connectivity index (χ1v) is 11.1. The van der Waals surface area contributed by atoms with Gasteiger partial charge in [-0.1, -0.05) is 18.2 Å². The summed E-state index contributed by atoms with van der Waals surface area (Å²) in [5.41, 5.74) is 3.38. The van der Waals surface area contributed by atoms with E-state index in [9.17, 15) is 9.59 Å². The number of hydrogen-bond donors (Lipinski definition) is 1. The number of hydrogen-bond acceptors (Lipinski definition) is 5. The van der Waals surface area contributed by atoms with E-state index in [0.29, 0.717) is 41.4 Å². The molecule has 1 N–H and O–H groups in total. The number of anilines is 2. The molecule has 2 heterocycles. The number of nitrogens with one attached hydrogen (secondary N) is 1. The Morgan fingerprint density at radius 2 is 1.74 bits per heavy atom. The Hall–Kier alpha value is -4.59. The van der Waals surface area contributed by atoms with Gasteiger partial charge in [0.25, 0.3) is 11.8 Å². The maximum atomic E-state index is 13.5. The lowest BCUT2D eigenvalue weighted by Gasteiger charge is -2.22. The van der Waals surface area contributed by atoms with Gasteiger partial charge in [-0.2, -0.15) is 0 Å². The molecule has 0 atom stereocenters. The molecular formula is C27H24N4O4. The molecule has 0 spiro atoms. The van der Waals surface area contributed by atoms with Crippen LogP contribution in [0.5, 0.6) is 11.5 Å². The first-order valence-electron chi connectivity index (χ1n) is 11.1. The Balaban J connectivity index is 1.36. The summed E-state index contributed by atoms with van der Waals surface area (Å²) in [6.07, 6.45) is 3.68. The number of imidazole rings is 1. The summed E-state index contributed by atoms with van der Waals surface area (Å²) in [4.78, 5) is 32.5. The highest BCUT2D eigenvalue weighted by Crippen LogP contribution is 2.29. The Morgan fingerprint density at radius 1 is 0.943 bits per heavy atom. The van der Waals surface area contributed by atoms with E-state index >= 15 is 0 Å². The van der Waals surface area contributed by atoms with Crippen molar-refractivity contribution in [3.8, 4) is 11.5 Å². The SMILES string of the molecule is COc1ccc(C(=O)Nc2ccc(C(=O)N3Cc4nccn4Cc4ccccc43)cc2)c(OC)c1. The molecule has 0 unspecified atom stereocenters. The van der Waals surface area contributed by atoms with Crippen LogP contribution in [0.15, 0.2) is 79.1 Å². The number of fused-ring (bicyclic) bond motifs is 2. The van der Waals surface area contributed by atoms with E-state index in [2.05, 4.69) is 14.9 Å². The van der Waals surface area contributed by atoms with Gasteiger partial charge in [-0.05, 0) is 48.0 Å². The average molecular weight is 469 g/mol. The molecule has 176 valence electrons. The highest BCUT2D eigenvalue weighted by molar-refractivity contribution is 6.08. The standard InChI is InChI=1S/C27H24N4O4/c1-34-21-11-12-22(24(15-21)35-2)26(32)29-20-9-7-18(8-10-20)27(33)31-17-25-28-13-14-30(25)16-19-5-3-4-6-23(19)31/h3-15H,16-17H2,1-2H3,(H,29,32). The summed E-state index contributed by atoms with van der Waals surface area (Å²) >= 11 is 0. The van der Waals surface area contributed by atoms with E-state index in [1.165, 1.54) is 7.11 Å². The number of methoxy groups -OCH3 is 2. The minimum absolute atomic E-state index is 0.136. The Kier molecular flexibility index (Phi) is 5.93. The molecule has 2 amide bonds. The fraction of sp³-hybridized carbons (Fsp3) is 0.148. The monoisotopic (exact) mass is 468 g/mol. The van der Waals surface area contributed by atoms with Crippen molar-refractivity contribution in [3.63, 3.8) is 0 Å². The molecule has 8 nitrogen and oxygen atoms in total. The number of para-hydroxylation sites is 1. The molecule has 0 saturated heterocycles. The topological polar surface area (TPSA) is 85.7 Å². The molecule has 0 fully saturated rings. The van der Waals surface area contributed by atoms with Crippen molar-refractivity contribution in [2.75, 3.05) is 24.4 Å². The average Bonchev–Trinajstić information content (AvgIpc) is 3.27. The quantitative estimate of drug-likeness (QED) is 0.470. The van der Waals surface area contributed by atoms with Crippen LogP contribution in [0.1, 0.15) is 32.1 Å². The molecule has 35 heavy (non-hydrogen) atoms. The third kappa shape index (κ3) is 4.33. The molecule has 8 heteroatoms. The number of nitrogens with zero attached hydrogens (tertiary/aromatic N) is 3. The Bertz CT molecular complexity index is 1390. The van der Waals surface area contributed by atoms with Crippen LogP contribution in [-0.2, 0) is 13.1 Å². The van der Waals surface area contributed by atoms with Gasteiger partial charge in [-0.15, -0.1) is 0 Å². The number of rotatable bonds is 5. The van der Waals surface area contributed by atoms with Gasteiger partial charge in [0, 0.05) is 35.4 Å². The highest BCUT2D eigenvalue weighted by Gasteiger charge is 2.25. The third-order valence-corrected chi connectivity index (χ3v) is 6.01. The second-order valence-corrected chi connectivity index (χ2v) is 8.09. The molecular weight excluding hydrogens is 444 g/mol. The lowest BCUT2D eigenvalue weighted by atomic mass is 10.1. The number of ether oxygens (including phenoxy) is 2. The van der Waals surface area contributed by atoms with Gasteiger partial charge in [-0.3, -0.25) is 9.59 Å². The molecule has 0 aliphatic carbocycles. The second kappa shape index (κ2) is 9.34. The minimum Gasteiger partial charge on any atom is -0.497 e. The van der Waals surface area contributed by atoms with E-state index in [0.717, 1.165) is 17.1 Å². The van der Waals surface area contributed by atoms with E-state index in [-0.39, 0.29) is 11.8 Å². The molecule has 1 aliphatic rings. The molecule has 3 aromatic carbocycles. The van der Waals surface area contributed by atoms with E-state index in [1.54, 1.807) is 60.7 Å². The number of amides is 2. The molecule has 0 radical (unpaired) electrons. The van der Waals surface area contributed by atoms with Crippen molar-refractivity contribution in [1.29, 1.82) is 0 Å². The summed E-state index contributed by atoms with van der Waals surface area (Å²) < 4.78 is 12.6. The van der Waals surface area contributed by atoms with Gasteiger partial charge in [0.15, 0.2) is 0 Å². The van der Waals surface area contributed by atoms with Crippen LogP contribution in [0.3, 0.4) is 0 Å². The summed E-state index contributed by atoms with van der Waals surface area (Å²) in [7, 11) is 3.05. The van der Waals surface area contributed by atoms with Crippen LogP contribution < -0.4 is 19.7 Å². The van der Waals surface area contributed by atoms with Crippen molar-refractivity contribution in [3.05, 3.63) is 102 Å². The maximum Gasteiger partial charge on any atom is 0.259 e. The number of aromatic nitrogens is 2. The smallest absolute Gasteiger partial charge is 0.259 e. The zero-order valence-corrected chi connectivity index (χ0v) is 19.4. The molecule has 0 bridgehead atoms. The summed E-state index contributed by atoms with van der Waals surface area (Å²) in [5.74, 6) is 1.37. The summed E-state index contributed by atoms with van der Waals surface area (Å²) in [6, 6.07) is 19.7. The molecule has 5 rings (SSSR count). The van der Waals surface area contributed by atoms with Gasteiger partial charge >= 0.3 is 0 Å². The zero-order valence-electron chi connectivity index (χ0n) is 19.4. The molecule has 1 aliphatic heterocycles. The van der Waals surface area contributed by atoms with Crippen LogP contribution in [0, 0.1) is 0 Å².